The van der Waals surface area contributed by atoms with Crippen LogP contribution in [-0.4, -0.2) is 28.6 Å². The van der Waals surface area contributed by atoms with E-state index in [9.17, 15) is 19.8 Å². The van der Waals surface area contributed by atoms with Gasteiger partial charge < -0.3 is 14.9 Å². The standard InChI is InChI=1S/C17H15BrN2O5/c18-12-3-5-13(6-4-12)25-10-17(24)20-19-16(23)8-2-11-1-7-14(21)15(22)9-11/h1-9,21-22H,10H2,(H,19,23)(H,20,24)/b8-2+. The molecule has 130 valence electrons. The quantitative estimate of drug-likeness (QED) is 0.345. The molecule has 2 aromatic rings. The molecular weight excluding hydrogens is 392 g/mol. The molecule has 0 heterocycles. The average Bonchev–Trinajstić information content (AvgIpc) is 2.60. The Labute approximate surface area is 152 Å². The van der Waals surface area contributed by atoms with Crippen LogP contribution in [0.3, 0.4) is 0 Å². The SMILES string of the molecule is O=C(/C=C/c1ccc(O)c(O)c1)NNC(=O)COc1ccc(Br)cc1. The Morgan fingerprint density at radius 1 is 1.04 bits per heavy atom. The zero-order chi connectivity index (χ0) is 18.2. The lowest BCUT2D eigenvalue weighted by molar-refractivity contribution is -0.128. The minimum absolute atomic E-state index is 0.250. The van der Waals surface area contributed by atoms with E-state index in [1.54, 1.807) is 24.3 Å². The number of rotatable bonds is 5. The number of ether oxygens (including phenoxy) is 1. The predicted molar refractivity (Wildman–Crippen MR) is 94.7 cm³/mol. The molecule has 0 fully saturated rings. The molecule has 2 rings (SSSR count). The lowest BCUT2D eigenvalue weighted by atomic mass is 10.2. The maximum absolute atomic E-state index is 11.6. The Morgan fingerprint density at radius 2 is 1.76 bits per heavy atom. The van der Waals surface area contributed by atoms with E-state index in [-0.39, 0.29) is 18.1 Å². The lowest BCUT2D eigenvalue weighted by Crippen LogP contribution is -2.43. The zero-order valence-electron chi connectivity index (χ0n) is 12.9. The summed E-state index contributed by atoms with van der Waals surface area (Å²) in [5.74, 6) is -1.10. The van der Waals surface area contributed by atoms with Gasteiger partial charge in [-0.1, -0.05) is 22.0 Å². The maximum Gasteiger partial charge on any atom is 0.276 e. The van der Waals surface area contributed by atoms with Gasteiger partial charge in [0.1, 0.15) is 5.75 Å². The number of halogens is 1. The van der Waals surface area contributed by atoms with Gasteiger partial charge in [0.15, 0.2) is 18.1 Å². The highest BCUT2D eigenvalue weighted by molar-refractivity contribution is 9.10. The number of phenolic OH excluding ortho intramolecular Hbond substituents is 2. The largest absolute Gasteiger partial charge is 0.504 e. The summed E-state index contributed by atoms with van der Waals surface area (Å²) in [4.78, 5) is 23.2. The third-order valence-corrected chi connectivity index (χ3v) is 3.46. The number of carbonyl (C=O) groups excluding carboxylic acids is 2. The highest BCUT2D eigenvalue weighted by atomic mass is 79.9. The highest BCUT2D eigenvalue weighted by Crippen LogP contribution is 2.25. The Bertz CT molecular complexity index is 790. The lowest BCUT2D eigenvalue weighted by Gasteiger charge is -2.07. The fourth-order valence-electron chi connectivity index (χ4n) is 1.70. The molecule has 25 heavy (non-hydrogen) atoms. The average molecular weight is 407 g/mol. The summed E-state index contributed by atoms with van der Waals surface area (Å²) >= 11 is 3.29. The zero-order valence-corrected chi connectivity index (χ0v) is 14.5. The number of benzene rings is 2. The van der Waals surface area contributed by atoms with Crippen molar-refractivity contribution in [1.29, 1.82) is 0 Å². The number of nitrogens with one attached hydrogen (secondary N) is 2. The number of aromatic hydroxyl groups is 2. The van der Waals surface area contributed by atoms with Gasteiger partial charge in [0, 0.05) is 10.5 Å². The van der Waals surface area contributed by atoms with Gasteiger partial charge in [-0.05, 0) is 48.0 Å². The molecule has 0 aliphatic heterocycles. The van der Waals surface area contributed by atoms with Gasteiger partial charge >= 0.3 is 0 Å². The van der Waals surface area contributed by atoms with Gasteiger partial charge in [-0.2, -0.15) is 0 Å². The van der Waals surface area contributed by atoms with Crippen LogP contribution in [0.15, 0.2) is 53.0 Å². The fourth-order valence-corrected chi connectivity index (χ4v) is 1.97. The first-order valence-corrected chi connectivity index (χ1v) is 7.90. The topological polar surface area (TPSA) is 108 Å². The van der Waals surface area contributed by atoms with E-state index in [1.165, 1.54) is 30.4 Å². The molecule has 8 heteroatoms. The minimum atomic E-state index is -0.565. The van der Waals surface area contributed by atoms with Crippen LogP contribution in [0.5, 0.6) is 17.2 Å². The summed E-state index contributed by atoms with van der Waals surface area (Å²) in [5, 5.41) is 18.5. The molecule has 0 saturated heterocycles. The summed E-state index contributed by atoms with van der Waals surface area (Å²) < 4.78 is 6.15. The maximum atomic E-state index is 11.6. The number of hydrogen-bond donors (Lipinski definition) is 4. The van der Waals surface area contributed by atoms with E-state index in [1.807, 2.05) is 0 Å². The van der Waals surface area contributed by atoms with E-state index in [0.717, 1.165) is 4.47 Å². The number of amides is 2. The van der Waals surface area contributed by atoms with Gasteiger partial charge in [-0.3, -0.25) is 20.4 Å². The van der Waals surface area contributed by atoms with Crippen molar-refractivity contribution in [2.24, 2.45) is 0 Å². The first-order valence-electron chi connectivity index (χ1n) is 7.11. The molecule has 7 nitrogen and oxygen atoms in total. The second-order valence-electron chi connectivity index (χ2n) is 4.86. The van der Waals surface area contributed by atoms with Crippen LogP contribution in [0.1, 0.15) is 5.56 Å². The molecule has 0 spiro atoms. The van der Waals surface area contributed by atoms with Crippen molar-refractivity contribution in [3.8, 4) is 17.2 Å². The predicted octanol–water partition coefficient (Wildman–Crippen LogP) is 2.10. The van der Waals surface area contributed by atoms with Gasteiger partial charge in [-0.25, -0.2) is 0 Å². The molecule has 2 aromatic carbocycles. The van der Waals surface area contributed by atoms with Gasteiger partial charge in [0.05, 0.1) is 0 Å². The van der Waals surface area contributed by atoms with Gasteiger partial charge in [-0.15, -0.1) is 0 Å². The van der Waals surface area contributed by atoms with Crippen LogP contribution in [0.25, 0.3) is 6.08 Å². The molecule has 0 aromatic heterocycles. The summed E-state index contributed by atoms with van der Waals surface area (Å²) in [6.45, 7) is -0.253. The van der Waals surface area contributed by atoms with E-state index in [4.69, 9.17) is 4.74 Å². The van der Waals surface area contributed by atoms with Crippen LogP contribution in [-0.2, 0) is 9.59 Å². The smallest absolute Gasteiger partial charge is 0.276 e. The highest BCUT2D eigenvalue weighted by Gasteiger charge is 2.04. The molecule has 0 atom stereocenters. The first-order chi connectivity index (χ1) is 11.9. The second kappa shape index (κ2) is 8.74. The normalized spacial score (nSPS) is 10.4. The van der Waals surface area contributed by atoms with Crippen LogP contribution >= 0.6 is 15.9 Å². The molecule has 0 radical (unpaired) electrons. The van der Waals surface area contributed by atoms with Crippen molar-refractivity contribution in [3.05, 3.63) is 58.6 Å². The molecule has 0 unspecified atom stereocenters. The second-order valence-corrected chi connectivity index (χ2v) is 5.78. The Kier molecular flexibility index (Phi) is 6.41. The summed E-state index contributed by atoms with van der Waals surface area (Å²) in [6, 6.07) is 11.1. The molecule has 4 N–H and O–H groups in total. The van der Waals surface area contributed by atoms with Crippen molar-refractivity contribution < 1.29 is 24.5 Å². The summed E-state index contributed by atoms with van der Waals surface area (Å²) in [7, 11) is 0. The van der Waals surface area contributed by atoms with Gasteiger partial charge in [0.25, 0.3) is 11.8 Å². The van der Waals surface area contributed by atoms with Crippen LogP contribution in [0.4, 0.5) is 0 Å². The van der Waals surface area contributed by atoms with Crippen molar-refractivity contribution in [2.45, 2.75) is 0 Å². The molecule has 0 aliphatic rings. The van der Waals surface area contributed by atoms with E-state index in [2.05, 4.69) is 26.8 Å². The van der Waals surface area contributed by atoms with E-state index in [0.29, 0.717) is 11.3 Å². The fraction of sp³-hybridized carbons (Fsp3) is 0.0588. The molecule has 0 aliphatic carbocycles. The molecule has 0 saturated carbocycles. The minimum Gasteiger partial charge on any atom is -0.504 e. The number of hydrogen-bond acceptors (Lipinski definition) is 5. The molecular formula is C17H15BrN2O5. The number of carbonyl (C=O) groups is 2. The third kappa shape index (κ3) is 6.19. The number of hydrazine groups is 1. The van der Waals surface area contributed by atoms with Crippen molar-refractivity contribution in [2.75, 3.05) is 6.61 Å². The van der Waals surface area contributed by atoms with Crippen molar-refractivity contribution in [3.63, 3.8) is 0 Å². The van der Waals surface area contributed by atoms with Crippen molar-refractivity contribution >= 4 is 33.8 Å². The summed E-state index contributed by atoms with van der Waals surface area (Å²) in [5.41, 5.74) is 4.92. The Hall–Kier alpha value is -3.00. The molecule has 0 bridgehead atoms. The van der Waals surface area contributed by atoms with Crippen molar-refractivity contribution in [1.82, 2.24) is 10.9 Å². The summed E-state index contributed by atoms with van der Waals surface area (Å²) in [6.07, 6.45) is 2.58. The monoisotopic (exact) mass is 406 g/mol. The van der Waals surface area contributed by atoms with Crippen LogP contribution in [0, 0.1) is 0 Å². The van der Waals surface area contributed by atoms with Crippen LogP contribution in [0.2, 0.25) is 0 Å². The van der Waals surface area contributed by atoms with E-state index >= 15 is 0 Å². The first kappa shape index (κ1) is 18.3. The van der Waals surface area contributed by atoms with Crippen LogP contribution < -0.4 is 15.6 Å². The number of phenols is 2. The Balaban J connectivity index is 1.75. The Morgan fingerprint density at radius 3 is 2.44 bits per heavy atom. The van der Waals surface area contributed by atoms with E-state index < -0.39 is 11.8 Å². The van der Waals surface area contributed by atoms with Gasteiger partial charge in [0.2, 0.25) is 0 Å². The third-order valence-electron chi connectivity index (χ3n) is 2.94. The molecule has 2 amide bonds.